The molecule has 2 aromatic rings. The Morgan fingerprint density at radius 3 is 2.60 bits per heavy atom. The molecule has 0 N–H and O–H groups in total. The van der Waals surface area contributed by atoms with Gasteiger partial charge in [0.1, 0.15) is 18.5 Å². The first-order valence-corrected chi connectivity index (χ1v) is 6.75. The molecular weight excluding hydrogens is 276 g/mol. The molecule has 1 fully saturated rings. The Bertz CT molecular complexity index is 618. The quantitative estimate of drug-likeness (QED) is 0.625. The second kappa shape index (κ2) is 5.65. The maximum absolute atomic E-state index is 12.3. The Labute approximate surface area is 122 Å². The van der Waals surface area contributed by atoms with Gasteiger partial charge < -0.3 is 9.47 Å². The molecule has 0 amide bonds. The van der Waals surface area contributed by atoms with Gasteiger partial charge in [0, 0.05) is 16.1 Å². The van der Waals surface area contributed by atoms with Gasteiger partial charge in [-0.3, -0.25) is 4.79 Å². The molecule has 0 bridgehead atoms. The van der Waals surface area contributed by atoms with Gasteiger partial charge >= 0.3 is 0 Å². The Hall–Kier alpha value is -1.84. The second-order valence-corrected chi connectivity index (χ2v) is 5.07. The number of carbonyl (C=O) groups is 1. The van der Waals surface area contributed by atoms with Crippen molar-refractivity contribution in [2.45, 2.75) is 6.10 Å². The molecule has 1 unspecified atom stereocenters. The molecule has 20 heavy (non-hydrogen) atoms. The van der Waals surface area contributed by atoms with Crippen molar-refractivity contribution < 1.29 is 14.3 Å². The van der Waals surface area contributed by atoms with E-state index in [1.807, 2.05) is 0 Å². The Kier molecular flexibility index (Phi) is 3.72. The summed E-state index contributed by atoms with van der Waals surface area (Å²) in [6.07, 6.45) is 0.225. The second-order valence-electron chi connectivity index (χ2n) is 4.63. The van der Waals surface area contributed by atoms with Gasteiger partial charge in [0.15, 0.2) is 5.78 Å². The van der Waals surface area contributed by atoms with Crippen molar-refractivity contribution in [3.8, 4) is 5.75 Å². The van der Waals surface area contributed by atoms with Crippen LogP contribution in [-0.4, -0.2) is 25.1 Å². The minimum Gasteiger partial charge on any atom is -0.491 e. The van der Waals surface area contributed by atoms with Gasteiger partial charge in [-0.15, -0.1) is 0 Å². The molecule has 0 aromatic heterocycles. The van der Waals surface area contributed by atoms with E-state index in [9.17, 15) is 4.79 Å². The van der Waals surface area contributed by atoms with Crippen LogP contribution in [0.1, 0.15) is 15.9 Å². The fraction of sp³-hybridized carbons (Fsp3) is 0.188. The first-order chi connectivity index (χ1) is 9.72. The van der Waals surface area contributed by atoms with E-state index in [-0.39, 0.29) is 11.9 Å². The highest BCUT2D eigenvalue weighted by Crippen LogP contribution is 2.19. The molecule has 2 aromatic carbocycles. The number of rotatable bonds is 5. The predicted octanol–water partition coefficient (Wildman–Crippen LogP) is 3.35. The number of hydrogen-bond donors (Lipinski definition) is 0. The lowest BCUT2D eigenvalue weighted by molar-refractivity contribution is 0.103. The van der Waals surface area contributed by atoms with E-state index in [4.69, 9.17) is 21.1 Å². The number of carbonyl (C=O) groups excluding carboxylic acids is 1. The van der Waals surface area contributed by atoms with Crippen LogP contribution in [0.2, 0.25) is 5.02 Å². The van der Waals surface area contributed by atoms with Gasteiger partial charge in [0.25, 0.3) is 0 Å². The average Bonchev–Trinajstić information content (AvgIpc) is 3.29. The summed E-state index contributed by atoms with van der Waals surface area (Å²) >= 11 is 5.89. The monoisotopic (exact) mass is 288 g/mol. The SMILES string of the molecule is O=C(c1ccc(OCC2CO2)cc1)c1cccc(Cl)c1. The standard InChI is InChI=1S/C16H13ClO3/c17-13-3-1-2-12(8-13)16(18)11-4-6-14(7-5-11)19-9-15-10-20-15/h1-8,15H,9-10H2. The molecule has 1 atom stereocenters. The molecule has 4 heteroatoms. The predicted molar refractivity (Wildman–Crippen MR) is 76.6 cm³/mol. The molecule has 1 heterocycles. The maximum atomic E-state index is 12.3. The number of hydrogen-bond acceptors (Lipinski definition) is 3. The smallest absolute Gasteiger partial charge is 0.193 e. The summed E-state index contributed by atoms with van der Waals surface area (Å²) in [6, 6.07) is 14.0. The van der Waals surface area contributed by atoms with Gasteiger partial charge in [0.2, 0.25) is 0 Å². The fourth-order valence-electron chi connectivity index (χ4n) is 1.85. The van der Waals surface area contributed by atoms with Gasteiger partial charge in [-0.2, -0.15) is 0 Å². The zero-order valence-electron chi connectivity index (χ0n) is 10.7. The lowest BCUT2D eigenvalue weighted by Crippen LogP contribution is -2.05. The summed E-state index contributed by atoms with van der Waals surface area (Å²) in [4.78, 5) is 12.3. The van der Waals surface area contributed by atoms with Crippen molar-refractivity contribution in [3.05, 3.63) is 64.7 Å². The molecular formula is C16H13ClO3. The number of benzene rings is 2. The van der Waals surface area contributed by atoms with Gasteiger partial charge in [-0.1, -0.05) is 23.7 Å². The Balaban J connectivity index is 1.71. The molecule has 3 rings (SSSR count). The topological polar surface area (TPSA) is 38.8 Å². The van der Waals surface area contributed by atoms with E-state index in [0.29, 0.717) is 22.8 Å². The van der Waals surface area contributed by atoms with Crippen molar-refractivity contribution in [2.24, 2.45) is 0 Å². The number of ether oxygens (including phenoxy) is 2. The van der Waals surface area contributed by atoms with Gasteiger partial charge in [0.05, 0.1) is 6.61 Å². The van der Waals surface area contributed by atoms with Crippen LogP contribution in [0.3, 0.4) is 0 Å². The van der Waals surface area contributed by atoms with E-state index in [1.54, 1.807) is 48.5 Å². The third-order valence-electron chi connectivity index (χ3n) is 3.04. The minimum absolute atomic E-state index is 0.0513. The molecule has 1 saturated heterocycles. The van der Waals surface area contributed by atoms with E-state index >= 15 is 0 Å². The fourth-order valence-corrected chi connectivity index (χ4v) is 2.04. The van der Waals surface area contributed by atoms with Crippen LogP contribution in [0.15, 0.2) is 48.5 Å². The lowest BCUT2D eigenvalue weighted by atomic mass is 10.0. The number of epoxide rings is 1. The molecule has 0 saturated carbocycles. The van der Waals surface area contributed by atoms with Crippen LogP contribution >= 0.6 is 11.6 Å². The molecule has 3 nitrogen and oxygen atoms in total. The molecule has 0 spiro atoms. The van der Waals surface area contributed by atoms with Crippen molar-refractivity contribution >= 4 is 17.4 Å². The summed E-state index contributed by atoms with van der Waals surface area (Å²) in [5.74, 6) is 0.688. The van der Waals surface area contributed by atoms with Crippen LogP contribution in [0.4, 0.5) is 0 Å². The van der Waals surface area contributed by atoms with Crippen molar-refractivity contribution in [3.63, 3.8) is 0 Å². The zero-order chi connectivity index (χ0) is 13.9. The summed E-state index contributed by atoms with van der Waals surface area (Å²) in [7, 11) is 0. The highest BCUT2D eigenvalue weighted by molar-refractivity contribution is 6.31. The summed E-state index contributed by atoms with van der Waals surface area (Å²) in [5, 5.41) is 0.556. The first kappa shape index (κ1) is 13.2. The number of ketones is 1. The van der Waals surface area contributed by atoms with Crippen LogP contribution < -0.4 is 4.74 Å². The Morgan fingerprint density at radius 2 is 1.95 bits per heavy atom. The molecule has 1 aliphatic heterocycles. The largest absolute Gasteiger partial charge is 0.491 e. The zero-order valence-corrected chi connectivity index (χ0v) is 11.5. The van der Waals surface area contributed by atoms with E-state index in [0.717, 1.165) is 12.4 Å². The van der Waals surface area contributed by atoms with E-state index in [1.165, 1.54) is 0 Å². The van der Waals surface area contributed by atoms with Crippen LogP contribution in [0, 0.1) is 0 Å². The average molecular weight is 289 g/mol. The van der Waals surface area contributed by atoms with Crippen molar-refractivity contribution in [1.82, 2.24) is 0 Å². The van der Waals surface area contributed by atoms with Crippen molar-refractivity contribution in [1.29, 1.82) is 0 Å². The third kappa shape index (κ3) is 3.18. The molecule has 0 aliphatic carbocycles. The van der Waals surface area contributed by atoms with Gasteiger partial charge in [-0.05, 0) is 36.4 Å². The molecule has 1 aliphatic rings. The highest BCUT2D eigenvalue weighted by Gasteiger charge is 2.23. The molecule has 0 radical (unpaired) electrons. The first-order valence-electron chi connectivity index (χ1n) is 6.37. The van der Waals surface area contributed by atoms with Crippen LogP contribution in [0.25, 0.3) is 0 Å². The third-order valence-corrected chi connectivity index (χ3v) is 3.28. The van der Waals surface area contributed by atoms with Crippen molar-refractivity contribution in [2.75, 3.05) is 13.2 Å². The summed E-state index contributed by atoms with van der Waals surface area (Å²) in [6.45, 7) is 1.33. The minimum atomic E-state index is -0.0513. The maximum Gasteiger partial charge on any atom is 0.193 e. The van der Waals surface area contributed by atoms with E-state index in [2.05, 4.69) is 0 Å². The summed E-state index contributed by atoms with van der Waals surface area (Å²) in [5.41, 5.74) is 1.19. The summed E-state index contributed by atoms with van der Waals surface area (Å²) < 4.78 is 10.6. The number of halogens is 1. The van der Waals surface area contributed by atoms with Crippen LogP contribution in [-0.2, 0) is 4.74 Å². The normalized spacial score (nSPS) is 16.8. The molecule has 102 valence electrons. The van der Waals surface area contributed by atoms with Gasteiger partial charge in [-0.25, -0.2) is 0 Å². The van der Waals surface area contributed by atoms with Crippen LogP contribution in [0.5, 0.6) is 5.75 Å². The Morgan fingerprint density at radius 1 is 1.20 bits per heavy atom. The van der Waals surface area contributed by atoms with E-state index < -0.39 is 0 Å². The lowest BCUT2D eigenvalue weighted by Gasteiger charge is -2.06. The highest BCUT2D eigenvalue weighted by atomic mass is 35.5.